The maximum atomic E-state index is 4.61. The van der Waals surface area contributed by atoms with Crippen molar-refractivity contribution in [3.8, 4) is 0 Å². The first-order valence-electron chi connectivity index (χ1n) is 8.89. The van der Waals surface area contributed by atoms with Gasteiger partial charge in [-0.3, -0.25) is 0 Å². The van der Waals surface area contributed by atoms with Crippen LogP contribution in [-0.4, -0.2) is 16.3 Å². The van der Waals surface area contributed by atoms with Gasteiger partial charge >= 0.3 is 0 Å². The number of thioether (sulfide) groups is 1. The molecule has 0 amide bonds. The number of hydrogen-bond acceptors (Lipinski definition) is 3. The van der Waals surface area contributed by atoms with Crippen LogP contribution in [0.15, 0.2) is 35.2 Å². The fourth-order valence-corrected chi connectivity index (χ4v) is 4.61. The molecule has 0 radical (unpaired) electrons. The number of aryl methyl sites for hydroxylation is 4. The van der Waals surface area contributed by atoms with Crippen LogP contribution in [0.2, 0.25) is 0 Å². The van der Waals surface area contributed by atoms with Crippen LogP contribution >= 0.6 is 11.8 Å². The topological polar surface area (TPSA) is 24.9 Å². The molecule has 24 heavy (non-hydrogen) atoms. The summed E-state index contributed by atoms with van der Waals surface area (Å²) in [5, 5.41) is 4.18. The standard InChI is InChI=1S/C21H30N2S/c1-7-18(23-20-11-9-10-17(6)22-20)19(8-2)24-21-15(4)12-14(3)13-16(21)5/h9-13,18-19H,7-8H2,1-6H3,(H,22,23). The van der Waals surface area contributed by atoms with Crippen molar-refractivity contribution in [1.29, 1.82) is 0 Å². The molecule has 2 rings (SSSR count). The van der Waals surface area contributed by atoms with Gasteiger partial charge in [-0.25, -0.2) is 4.98 Å². The molecule has 1 aromatic heterocycles. The Morgan fingerprint density at radius 2 is 1.67 bits per heavy atom. The first-order valence-corrected chi connectivity index (χ1v) is 9.77. The number of nitrogens with zero attached hydrogens (tertiary/aromatic N) is 1. The van der Waals surface area contributed by atoms with Crippen LogP contribution < -0.4 is 5.32 Å². The van der Waals surface area contributed by atoms with Gasteiger partial charge in [0, 0.05) is 21.9 Å². The highest BCUT2D eigenvalue weighted by Crippen LogP contribution is 2.35. The molecule has 0 bridgehead atoms. The lowest BCUT2D eigenvalue weighted by Gasteiger charge is -2.27. The Balaban J connectivity index is 2.19. The van der Waals surface area contributed by atoms with E-state index in [2.05, 4.69) is 69.2 Å². The summed E-state index contributed by atoms with van der Waals surface area (Å²) in [6.07, 6.45) is 2.22. The van der Waals surface area contributed by atoms with Crippen molar-refractivity contribution in [1.82, 2.24) is 4.98 Å². The molecule has 2 aromatic rings. The molecule has 3 heteroatoms. The summed E-state index contributed by atoms with van der Waals surface area (Å²) in [7, 11) is 0. The lowest BCUT2D eigenvalue weighted by molar-refractivity contribution is 0.635. The Bertz CT molecular complexity index is 658. The highest BCUT2D eigenvalue weighted by Gasteiger charge is 2.21. The third-order valence-electron chi connectivity index (χ3n) is 4.39. The van der Waals surface area contributed by atoms with Crippen LogP contribution in [0.1, 0.15) is 49.1 Å². The van der Waals surface area contributed by atoms with Crippen molar-refractivity contribution in [2.24, 2.45) is 0 Å². The summed E-state index contributed by atoms with van der Waals surface area (Å²) >= 11 is 2.02. The van der Waals surface area contributed by atoms with E-state index >= 15 is 0 Å². The maximum absolute atomic E-state index is 4.61. The van der Waals surface area contributed by atoms with Crippen molar-refractivity contribution in [2.45, 2.75) is 70.6 Å². The molecule has 2 nitrogen and oxygen atoms in total. The summed E-state index contributed by atoms with van der Waals surface area (Å²) < 4.78 is 0. The number of nitrogens with one attached hydrogen (secondary N) is 1. The van der Waals surface area contributed by atoms with Gasteiger partial charge in [-0.15, -0.1) is 11.8 Å². The first kappa shape index (κ1) is 18.9. The Morgan fingerprint density at radius 1 is 1.00 bits per heavy atom. The average molecular weight is 343 g/mol. The Kier molecular flexibility index (Phi) is 6.73. The van der Waals surface area contributed by atoms with Gasteiger partial charge in [-0.1, -0.05) is 37.6 Å². The first-order chi connectivity index (χ1) is 11.4. The summed E-state index contributed by atoms with van der Waals surface area (Å²) in [6, 6.07) is 11.2. The van der Waals surface area contributed by atoms with E-state index in [1.54, 1.807) is 0 Å². The molecule has 2 unspecified atom stereocenters. The van der Waals surface area contributed by atoms with Gasteiger partial charge in [0.15, 0.2) is 0 Å². The number of anilines is 1. The predicted molar refractivity (Wildman–Crippen MR) is 107 cm³/mol. The van der Waals surface area contributed by atoms with Crippen LogP contribution in [0.3, 0.4) is 0 Å². The van der Waals surface area contributed by atoms with Gasteiger partial charge in [0.2, 0.25) is 0 Å². The largest absolute Gasteiger partial charge is 0.366 e. The van der Waals surface area contributed by atoms with Gasteiger partial charge in [-0.2, -0.15) is 0 Å². The average Bonchev–Trinajstić information content (AvgIpc) is 2.52. The van der Waals surface area contributed by atoms with Crippen molar-refractivity contribution in [2.75, 3.05) is 5.32 Å². The fourth-order valence-electron chi connectivity index (χ4n) is 3.23. The van der Waals surface area contributed by atoms with E-state index in [0.29, 0.717) is 11.3 Å². The second-order valence-corrected chi connectivity index (χ2v) is 7.87. The van der Waals surface area contributed by atoms with Crippen LogP contribution in [0.5, 0.6) is 0 Å². The minimum atomic E-state index is 0.411. The molecule has 1 aromatic carbocycles. The summed E-state index contributed by atoms with van der Waals surface area (Å²) in [4.78, 5) is 6.05. The van der Waals surface area contributed by atoms with E-state index < -0.39 is 0 Å². The maximum Gasteiger partial charge on any atom is 0.126 e. The third kappa shape index (κ3) is 4.76. The zero-order chi connectivity index (χ0) is 17.7. The fraction of sp³-hybridized carbons (Fsp3) is 0.476. The van der Waals surface area contributed by atoms with Crippen molar-refractivity contribution in [3.05, 3.63) is 52.7 Å². The van der Waals surface area contributed by atoms with Gasteiger partial charge in [0.1, 0.15) is 5.82 Å². The van der Waals surface area contributed by atoms with E-state index in [1.165, 1.54) is 21.6 Å². The second kappa shape index (κ2) is 8.57. The minimum absolute atomic E-state index is 0.411. The molecule has 2 atom stereocenters. The highest BCUT2D eigenvalue weighted by molar-refractivity contribution is 8.00. The molecule has 1 heterocycles. The smallest absolute Gasteiger partial charge is 0.126 e. The summed E-state index contributed by atoms with van der Waals surface area (Å²) in [5.41, 5.74) is 5.18. The molecule has 0 saturated carbocycles. The molecular weight excluding hydrogens is 312 g/mol. The Labute approximate surface area is 151 Å². The number of aromatic nitrogens is 1. The molecule has 0 fully saturated rings. The normalized spacial score (nSPS) is 13.6. The second-order valence-electron chi connectivity index (χ2n) is 6.62. The lowest BCUT2D eigenvalue weighted by atomic mass is 10.1. The minimum Gasteiger partial charge on any atom is -0.366 e. The summed E-state index contributed by atoms with van der Waals surface area (Å²) in [6.45, 7) is 13.2. The lowest BCUT2D eigenvalue weighted by Crippen LogP contribution is -2.31. The van der Waals surface area contributed by atoms with E-state index in [-0.39, 0.29) is 0 Å². The zero-order valence-corrected chi connectivity index (χ0v) is 16.6. The van der Waals surface area contributed by atoms with E-state index in [0.717, 1.165) is 24.4 Å². The van der Waals surface area contributed by atoms with Gasteiger partial charge in [0.05, 0.1) is 0 Å². The predicted octanol–water partition coefficient (Wildman–Crippen LogP) is 6.08. The molecular formula is C21H30N2S. The molecule has 0 aliphatic heterocycles. The van der Waals surface area contributed by atoms with Crippen LogP contribution in [0, 0.1) is 27.7 Å². The molecule has 0 spiro atoms. The van der Waals surface area contributed by atoms with Crippen LogP contribution in [-0.2, 0) is 0 Å². The van der Waals surface area contributed by atoms with Crippen molar-refractivity contribution < 1.29 is 0 Å². The van der Waals surface area contributed by atoms with E-state index in [1.807, 2.05) is 24.8 Å². The molecule has 0 aliphatic rings. The molecule has 130 valence electrons. The number of pyridine rings is 1. The van der Waals surface area contributed by atoms with Gasteiger partial charge in [-0.05, 0) is 63.8 Å². The Hall–Kier alpha value is -1.48. The van der Waals surface area contributed by atoms with Crippen molar-refractivity contribution in [3.63, 3.8) is 0 Å². The number of rotatable bonds is 7. The molecule has 1 N–H and O–H groups in total. The van der Waals surface area contributed by atoms with Gasteiger partial charge in [0.25, 0.3) is 0 Å². The highest BCUT2D eigenvalue weighted by atomic mass is 32.2. The molecule has 0 aliphatic carbocycles. The van der Waals surface area contributed by atoms with Gasteiger partial charge < -0.3 is 5.32 Å². The Morgan fingerprint density at radius 3 is 2.21 bits per heavy atom. The van der Waals surface area contributed by atoms with E-state index in [4.69, 9.17) is 0 Å². The van der Waals surface area contributed by atoms with Crippen molar-refractivity contribution >= 4 is 17.6 Å². The zero-order valence-electron chi connectivity index (χ0n) is 15.8. The van der Waals surface area contributed by atoms with Crippen LogP contribution in [0.4, 0.5) is 5.82 Å². The quantitative estimate of drug-likeness (QED) is 0.617. The number of hydrogen-bond donors (Lipinski definition) is 1. The van der Waals surface area contributed by atoms with Crippen LogP contribution in [0.25, 0.3) is 0 Å². The third-order valence-corrected chi connectivity index (χ3v) is 6.23. The SMILES string of the molecule is CCC(Nc1cccc(C)n1)C(CC)Sc1c(C)cc(C)cc1C. The molecule has 0 saturated heterocycles. The summed E-state index contributed by atoms with van der Waals surface area (Å²) in [5.74, 6) is 0.984. The monoisotopic (exact) mass is 342 g/mol. The van der Waals surface area contributed by atoms with E-state index in [9.17, 15) is 0 Å². The number of benzene rings is 1.